The lowest BCUT2D eigenvalue weighted by Crippen LogP contribution is -2.57. The summed E-state index contributed by atoms with van der Waals surface area (Å²) in [5.74, 6) is -0.260. The highest BCUT2D eigenvalue weighted by Crippen LogP contribution is 2.13. The summed E-state index contributed by atoms with van der Waals surface area (Å²) in [4.78, 5) is 13.2. The third-order valence-electron chi connectivity index (χ3n) is 2.45. The van der Waals surface area contributed by atoms with Crippen LogP contribution in [0.15, 0.2) is 0 Å². The number of hydrogen-bond donors (Lipinski definition) is 1. The number of carbonyl (C=O) groups is 1. The van der Waals surface area contributed by atoms with E-state index in [0.717, 1.165) is 26.2 Å². The van der Waals surface area contributed by atoms with Crippen molar-refractivity contribution in [2.24, 2.45) is 5.73 Å². The molecule has 0 bridgehead atoms. The summed E-state index contributed by atoms with van der Waals surface area (Å²) in [5, 5.41) is 4.21. The lowest BCUT2D eigenvalue weighted by molar-refractivity contribution is -0.128. The highest BCUT2D eigenvalue weighted by atomic mass is 16.1. The van der Waals surface area contributed by atoms with Gasteiger partial charge in [0.1, 0.15) is 0 Å². The molecule has 0 aromatic heterocycles. The van der Waals surface area contributed by atoms with Gasteiger partial charge in [0.25, 0.3) is 0 Å². The molecule has 0 atom stereocenters. The van der Waals surface area contributed by atoms with Crippen LogP contribution in [0, 0.1) is 0 Å². The second-order valence-electron chi connectivity index (χ2n) is 3.58. The van der Waals surface area contributed by atoms with Crippen molar-refractivity contribution in [3.63, 3.8) is 0 Å². The van der Waals surface area contributed by atoms with Crippen LogP contribution < -0.4 is 11.1 Å². The van der Waals surface area contributed by atoms with Crippen LogP contribution in [0.2, 0.25) is 0 Å². The van der Waals surface area contributed by atoms with E-state index >= 15 is 0 Å². The van der Waals surface area contributed by atoms with Crippen molar-refractivity contribution >= 4 is 5.91 Å². The summed E-state index contributed by atoms with van der Waals surface area (Å²) in [7, 11) is 0. The average molecular weight is 170 g/mol. The fourth-order valence-electron chi connectivity index (χ4n) is 1.32. The molecule has 0 aromatic rings. The highest BCUT2D eigenvalue weighted by molar-refractivity contribution is 5.83. The number of nitrogens with zero attached hydrogens (tertiary/aromatic N) is 2. The Labute approximate surface area is 73.1 Å². The molecule has 0 aromatic carbocycles. The summed E-state index contributed by atoms with van der Waals surface area (Å²) in [6.45, 7) is 7.04. The van der Waals surface area contributed by atoms with Crippen LogP contribution in [0.5, 0.6) is 0 Å². The van der Waals surface area contributed by atoms with E-state index in [2.05, 4.69) is 10.2 Å². The minimum absolute atomic E-state index is 0.260. The Morgan fingerprint density at radius 3 is 2.33 bits per heavy atom. The molecule has 1 heterocycles. The number of carbonyl (C=O) groups excluding carboxylic acids is 1. The zero-order valence-corrected chi connectivity index (χ0v) is 7.71. The largest absolute Gasteiger partial charge is 0.368 e. The SMILES string of the molecule is CC(C)(C(N)=O)N1CC[N]CC1. The summed E-state index contributed by atoms with van der Waals surface area (Å²) < 4.78 is 0. The Balaban J connectivity index is 2.59. The van der Waals surface area contributed by atoms with E-state index in [1.54, 1.807) is 0 Å². The van der Waals surface area contributed by atoms with Crippen molar-refractivity contribution in [1.29, 1.82) is 0 Å². The summed E-state index contributed by atoms with van der Waals surface area (Å²) >= 11 is 0. The maximum Gasteiger partial charge on any atom is 0.237 e. The number of hydrogen-bond acceptors (Lipinski definition) is 2. The summed E-state index contributed by atoms with van der Waals surface area (Å²) in [5.41, 5.74) is 4.77. The first kappa shape index (κ1) is 9.48. The molecule has 1 amide bonds. The molecular weight excluding hydrogens is 154 g/mol. The van der Waals surface area contributed by atoms with Crippen molar-refractivity contribution in [2.75, 3.05) is 26.2 Å². The molecule has 0 unspecified atom stereocenters. The second-order valence-corrected chi connectivity index (χ2v) is 3.58. The standard InChI is InChI=1S/C8H16N3O/c1-8(2,7(9)12)11-5-3-10-4-6-11/h3-6H2,1-2H3,(H2,9,12). The molecule has 2 N–H and O–H groups in total. The molecule has 1 radical (unpaired) electrons. The van der Waals surface area contributed by atoms with Crippen molar-refractivity contribution in [2.45, 2.75) is 19.4 Å². The quantitative estimate of drug-likeness (QED) is 0.588. The van der Waals surface area contributed by atoms with E-state index in [1.165, 1.54) is 0 Å². The maximum absolute atomic E-state index is 11.1. The van der Waals surface area contributed by atoms with Gasteiger partial charge >= 0.3 is 0 Å². The fourth-order valence-corrected chi connectivity index (χ4v) is 1.32. The summed E-state index contributed by atoms with van der Waals surface area (Å²) in [6.07, 6.45) is 0. The zero-order valence-electron chi connectivity index (χ0n) is 7.71. The van der Waals surface area contributed by atoms with Crippen LogP contribution in [-0.4, -0.2) is 42.5 Å². The maximum atomic E-state index is 11.1. The Morgan fingerprint density at radius 1 is 1.42 bits per heavy atom. The highest BCUT2D eigenvalue weighted by Gasteiger charge is 2.33. The van der Waals surface area contributed by atoms with Gasteiger partial charge in [-0.2, -0.15) is 0 Å². The molecule has 1 aliphatic heterocycles. The first-order valence-electron chi connectivity index (χ1n) is 4.23. The molecule has 0 spiro atoms. The van der Waals surface area contributed by atoms with Gasteiger partial charge in [0, 0.05) is 26.2 Å². The molecule has 1 aliphatic rings. The summed E-state index contributed by atoms with van der Waals surface area (Å²) in [6, 6.07) is 0. The number of rotatable bonds is 2. The predicted octanol–water partition coefficient (Wildman–Crippen LogP) is -0.830. The Morgan fingerprint density at radius 2 is 1.92 bits per heavy atom. The van der Waals surface area contributed by atoms with Gasteiger partial charge in [-0.3, -0.25) is 9.69 Å². The monoisotopic (exact) mass is 170 g/mol. The van der Waals surface area contributed by atoms with Gasteiger partial charge < -0.3 is 5.73 Å². The van der Waals surface area contributed by atoms with Gasteiger partial charge in [0.2, 0.25) is 5.91 Å². The zero-order chi connectivity index (χ0) is 9.19. The van der Waals surface area contributed by atoms with Crippen molar-refractivity contribution in [1.82, 2.24) is 10.2 Å². The molecule has 1 fully saturated rings. The minimum atomic E-state index is -0.518. The van der Waals surface area contributed by atoms with E-state index < -0.39 is 5.54 Å². The topological polar surface area (TPSA) is 60.4 Å². The van der Waals surface area contributed by atoms with Gasteiger partial charge in [0.05, 0.1) is 5.54 Å². The van der Waals surface area contributed by atoms with Crippen LogP contribution in [0.25, 0.3) is 0 Å². The lowest BCUT2D eigenvalue weighted by Gasteiger charge is -2.38. The van der Waals surface area contributed by atoms with E-state index in [4.69, 9.17) is 5.73 Å². The normalized spacial score (nSPS) is 20.8. The molecule has 0 aliphatic carbocycles. The van der Waals surface area contributed by atoms with Crippen molar-refractivity contribution in [3.8, 4) is 0 Å². The van der Waals surface area contributed by atoms with Gasteiger partial charge in [-0.25, -0.2) is 5.32 Å². The Kier molecular flexibility index (Phi) is 2.69. The molecule has 1 rings (SSSR count). The van der Waals surface area contributed by atoms with E-state index in [9.17, 15) is 4.79 Å². The third kappa shape index (κ3) is 1.76. The molecule has 69 valence electrons. The first-order valence-corrected chi connectivity index (χ1v) is 4.23. The van der Waals surface area contributed by atoms with Gasteiger partial charge in [-0.15, -0.1) is 0 Å². The molecule has 1 saturated heterocycles. The number of nitrogens with two attached hydrogens (primary N) is 1. The van der Waals surface area contributed by atoms with Crippen molar-refractivity contribution < 1.29 is 4.79 Å². The predicted molar refractivity (Wildman–Crippen MR) is 46.7 cm³/mol. The Bertz CT molecular complexity index is 173. The van der Waals surface area contributed by atoms with Crippen LogP contribution >= 0.6 is 0 Å². The molecular formula is C8H16N3O. The average Bonchev–Trinajstić information content (AvgIpc) is 2.06. The van der Waals surface area contributed by atoms with E-state index in [1.807, 2.05) is 13.8 Å². The Hall–Kier alpha value is -0.610. The molecule has 4 nitrogen and oxygen atoms in total. The van der Waals surface area contributed by atoms with Crippen LogP contribution in [0.1, 0.15) is 13.8 Å². The number of piperazine rings is 1. The molecule has 0 saturated carbocycles. The van der Waals surface area contributed by atoms with Crippen molar-refractivity contribution in [3.05, 3.63) is 0 Å². The third-order valence-corrected chi connectivity index (χ3v) is 2.45. The van der Waals surface area contributed by atoms with Crippen LogP contribution in [-0.2, 0) is 4.79 Å². The molecule has 12 heavy (non-hydrogen) atoms. The minimum Gasteiger partial charge on any atom is -0.368 e. The first-order chi connectivity index (χ1) is 5.55. The smallest absolute Gasteiger partial charge is 0.237 e. The van der Waals surface area contributed by atoms with Gasteiger partial charge in [0.15, 0.2) is 0 Å². The molecule has 4 heteroatoms. The second kappa shape index (κ2) is 3.41. The van der Waals surface area contributed by atoms with E-state index in [0.29, 0.717) is 0 Å². The van der Waals surface area contributed by atoms with Crippen LogP contribution in [0.3, 0.4) is 0 Å². The lowest BCUT2D eigenvalue weighted by atomic mass is 10.0. The van der Waals surface area contributed by atoms with E-state index in [-0.39, 0.29) is 5.91 Å². The number of primary amides is 1. The number of amides is 1. The van der Waals surface area contributed by atoms with Crippen LogP contribution in [0.4, 0.5) is 0 Å². The van der Waals surface area contributed by atoms with Gasteiger partial charge in [-0.1, -0.05) is 0 Å². The van der Waals surface area contributed by atoms with Gasteiger partial charge in [-0.05, 0) is 13.8 Å². The fraction of sp³-hybridized carbons (Fsp3) is 0.875.